The summed E-state index contributed by atoms with van der Waals surface area (Å²) in [6, 6.07) is 17.4. The molecule has 1 atom stereocenters. The molecular weight excluding hydrogens is 374 g/mol. The summed E-state index contributed by atoms with van der Waals surface area (Å²) in [6.07, 6.45) is 0.507. The van der Waals surface area contributed by atoms with E-state index in [2.05, 4.69) is 0 Å². The zero-order valence-electron chi connectivity index (χ0n) is 16.4. The van der Waals surface area contributed by atoms with Gasteiger partial charge in [0.1, 0.15) is 5.75 Å². The Morgan fingerprint density at radius 1 is 1.07 bits per heavy atom. The molecule has 150 valence electrons. The average Bonchev–Trinajstić information content (AvgIpc) is 3.04. The van der Waals surface area contributed by atoms with Gasteiger partial charge >= 0.3 is 0 Å². The summed E-state index contributed by atoms with van der Waals surface area (Å²) < 4.78 is 29.3. The van der Waals surface area contributed by atoms with Crippen molar-refractivity contribution in [2.45, 2.75) is 26.3 Å². The number of sulfone groups is 1. The van der Waals surface area contributed by atoms with Gasteiger partial charge in [0.15, 0.2) is 16.4 Å². The highest BCUT2D eigenvalue weighted by atomic mass is 32.2. The van der Waals surface area contributed by atoms with Gasteiger partial charge in [0.2, 0.25) is 0 Å². The van der Waals surface area contributed by atoms with Crippen LogP contribution in [0.3, 0.4) is 0 Å². The molecule has 2 aromatic carbocycles. The Bertz CT molecular complexity index is 892. The molecule has 0 radical (unpaired) electrons. The number of nitrogens with zero attached hydrogens (tertiary/aromatic N) is 1. The van der Waals surface area contributed by atoms with E-state index in [1.807, 2.05) is 68.4 Å². The molecule has 1 fully saturated rings. The molecule has 0 aromatic heterocycles. The van der Waals surface area contributed by atoms with E-state index in [-0.39, 0.29) is 36.0 Å². The molecule has 1 heterocycles. The summed E-state index contributed by atoms with van der Waals surface area (Å²) in [5, 5.41) is 0. The molecule has 1 aliphatic heterocycles. The lowest BCUT2D eigenvalue weighted by molar-refractivity contribution is -0.135. The lowest BCUT2D eigenvalue weighted by Crippen LogP contribution is -2.45. The summed E-state index contributed by atoms with van der Waals surface area (Å²) in [5.41, 5.74) is 2.20. The van der Waals surface area contributed by atoms with E-state index in [4.69, 9.17) is 4.74 Å². The minimum atomic E-state index is -3.04. The van der Waals surface area contributed by atoms with Crippen LogP contribution in [0.1, 0.15) is 20.3 Å². The second kappa shape index (κ2) is 8.78. The number of amides is 1. The molecule has 1 amide bonds. The van der Waals surface area contributed by atoms with Crippen LogP contribution in [0.4, 0.5) is 0 Å². The van der Waals surface area contributed by atoms with Crippen LogP contribution >= 0.6 is 0 Å². The topological polar surface area (TPSA) is 63.7 Å². The quantitative estimate of drug-likeness (QED) is 0.713. The molecule has 1 unspecified atom stereocenters. The van der Waals surface area contributed by atoms with Crippen molar-refractivity contribution in [1.82, 2.24) is 4.90 Å². The van der Waals surface area contributed by atoms with Crippen molar-refractivity contribution in [2.75, 3.05) is 24.7 Å². The third-order valence-corrected chi connectivity index (χ3v) is 6.61. The average molecular weight is 402 g/mol. The van der Waals surface area contributed by atoms with Crippen molar-refractivity contribution in [1.29, 1.82) is 0 Å². The minimum absolute atomic E-state index is 0.0528. The standard InChI is InChI=1S/C22H27NO4S/c1-17(2)14-23(20-12-13-28(25,26)16-20)22(24)15-27-21-10-8-19(9-11-21)18-6-4-3-5-7-18/h3-11,17,20H,12-16H2,1-2H3. The van der Waals surface area contributed by atoms with Gasteiger partial charge in [0, 0.05) is 12.6 Å². The van der Waals surface area contributed by atoms with Crippen LogP contribution in [-0.2, 0) is 14.6 Å². The van der Waals surface area contributed by atoms with Crippen LogP contribution in [0.25, 0.3) is 11.1 Å². The number of rotatable bonds is 7. The van der Waals surface area contributed by atoms with Gasteiger partial charge in [-0.15, -0.1) is 0 Å². The maximum absolute atomic E-state index is 12.7. The zero-order valence-corrected chi connectivity index (χ0v) is 17.2. The third kappa shape index (κ3) is 5.35. The Morgan fingerprint density at radius 2 is 1.71 bits per heavy atom. The van der Waals surface area contributed by atoms with Crippen molar-refractivity contribution in [3.05, 3.63) is 54.6 Å². The van der Waals surface area contributed by atoms with Crippen LogP contribution in [0.15, 0.2) is 54.6 Å². The molecule has 2 aromatic rings. The molecule has 1 aliphatic rings. The lowest BCUT2D eigenvalue weighted by Gasteiger charge is -2.29. The predicted molar refractivity (Wildman–Crippen MR) is 111 cm³/mol. The van der Waals surface area contributed by atoms with Crippen molar-refractivity contribution >= 4 is 15.7 Å². The minimum Gasteiger partial charge on any atom is -0.484 e. The predicted octanol–water partition coefficient (Wildman–Crippen LogP) is 3.40. The highest BCUT2D eigenvalue weighted by molar-refractivity contribution is 7.91. The number of carbonyl (C=O) groups is 1. The van der Waals surface area contributed by atoms with Gasteiger partial charge in [-0.1, -0.05) is 56.3 Å². The second-order valence-corrected chi connectivity index (χ2v) is 9.90. The first kappa shape index (κ1) is 20.4. The fourth-order valence-corrected chi connectivity index (χ4v) is 5.20. The Hall–Kier alpha value is -2.34. The Kier molecular flexibility index (Phi) is 6.39. The van der Waals surface area contributed by atoms with E-state index in [1.54, 1.807) is 4.90 Å². The van der Waals surface area contributed by atoms with Gasteiger partial charge < -0.3 is 9.64 Å². The number of carbonyl (C=O) groups excluding carboxylic acids is 1. The van der Waals surface area contributed by atoms with Crippen LogP contribution in [0, 0.1) is 5.92 Å². The molecule has 0 saturated carbocycles. The second-order valence-electron chi connectivity index (χ2n) is 7.68. The highest BCUT2D eigenvalue weighted by Gasteiger charge is 2.34. The molecule has 0 bridgehead atoms. The van der Waals surface area contributed by atoms with Crippen molar-refractivity contribution in [3.8, 4) is 16.9 Å². The monoisotopic (exact) mass is 401 g/mol. The van der Waals surface area contributed by atoms with Gasteiger partial charge in [-0.3, -0.25) is 4.79 Å². The van der Waals surface area contributed by atoms with Crippen molar-refractivity contribution in [3.63, 3.8) is 0 Å². The fraction of sp³-hybridized carbons (Fsp3) is 0.409. The van der Waals surface area contributed by atoms with Gasteiger partial charge in [-0.05, 0) is 35.6 Å². The Balaban J connectivity index is 1.62. The van der Waals surface area contributed by atoms with Crippen LogP contribution < -0.4 is 4.74 Å². The molecular formula is C22H27NO4S. The highest BCUT2D eigenvalue weighted by Crippen LogP contribution is 2.23. The van der Waals surface area contributed by atoms with E-state index >= 15 is 0 Å². The molecule has 0 aliphatic carbocycles. The maximum Gasteiger partial charge on any atom is 0.260 e. The smallest absolute Gasteiger partial charge is 0.260 e. The number of benzene rings is 2. The van der Waals surface area contributed by atoms with E-state index in [0.717, 1.165) is 11.1 Å². The lowest BCUT2D eigenvalue weighted by atomic mass is 10.1. The fourth-order valence-electron chi connectivity index (χ4n) is 3.47. The molecule has 0 N–H and O–H groups in total. The van der Waals surface area contributed by atoms with E-state index in [0.29, 0.717) is 18.7 Å². The van der Waals surface area contributed by atoms with E-state index < -0.39 is 9.84 Å². The molecule has 3 rings (SSSR count). The molecule has 5 nitrogen and oxygen atoms in total. The molecule has 28 heavy (non-hydrogen) atoms. The van der Waals surface area contributed by atoms with Crippen LogP contribution in [0.5, 0.6) is 5.75 Å². The number of hydrogen-bond donors (Lipinski definition) is 0. The summed E-state index contributed by atoms with van der Waals surface area (Å²) in [4.78, 5) is 14.4. The number of hydrogen-bond acceptors (Lipinski definition) is 4. The van der Waals surface area contributed by atoms with Gasteiger partial charge in [-0.25, -0.2) is 8.42 Å². The van der Waals surface area contributed by atoms with Crippen LogP contribution in [-0.4, -0.2) is 49.9 Å². The Morgan fingerprint density at radius 3 is 2.29 bits per heavy atom. The third-order valence-electron chi connectivity index (χ3n) is 4.86. The van der Waals surface area contributed by atoms with E-state index in [9.17, 15) is 13.2 Å². The van der Waals surface area contributed by atoms with Gasteiger partial charge in [0.05, 0.1) is 11.5 Å². The number of ether oxygens (including phenoxy) is 1. The first-order valence-electron chi connectivity index (χ1n) is 9.62. The van der Waals surface area contributed by atoms with Crippen molar-refractivity contribution in [2.24, 2.45) is 5.92 Å². The first-order valence-corrected chi connectivity index (χ1v) is 11.4. The summed E-state index contributed by atoms with van der Waals surface area (Å²) >= 11 is 0. The van der Waals surface area contributed by atoms with Crippen LogP contribution in [0.2, 0.25) is 0 Å². The summed E-state index contributed by atoms with van der Waals surface area (Å²) in [6.45, 7) is 4.49. The normalized spacial score (nSPS) is 18.2. The molecule has 0 spiro atoms. The zero-order chi connectivity index (χ0) is 20.1. The summed E-state index contributed by atoms with van der Waals surface area (Å²) in [5.74, 6) is 0.926. The first-order chi connectivity index (χ1) is 13.3. The van der Waals surface area contributed by atoms with Gasteiger partial charge in [-0.2, -0.15) is 0 Å². The summed E-state index contributed by atoms with van der Waals surface area (Å²) in [7, 11) is -3.04. The largest absolute Gasteiger partial charge is 0.484 e. The van der Waals surface area contributed by atoms with E-state index in [1.165, 1.54) is 0 Å². The maximum atomic E-state index is 12.7. The van der Waals surface area contributed by atoms with Gasteiger partial charge in [0.25, 0.3) is 5.91 Å². The SMILES string of the molecule is CC(C)CN(C(=O)COc1ccc(-c2ccccc2)cc1)C1CCS(=O)(=O)C1. The molecule has 1 saturated heterocycles. The molecule has 6 heteroatoms. The Labute approximate surface area is 167 Å². The van der Waals surface area contributed by atoms with Crippen molar-refractivity contribution < 1.29 is 17.9 Å².